The van der Waals surface area contributed by atoms with Gasteiger partial charge in [-0.2, -0.15) is 0 Å². The Morgan fingerprint density at radius 1 is 1.23 bits per heavy atom. The Bertz CT molecular complexity index is 717. The molecule has 26 heavy (non-hydrogen) atoms. The predicted octanol–water partition coefficient (Wildman–Crippen LogP) is 2.28. The van der Waals surface area contributed by atoms with Gasteiger partial charge in [-0.05, 0) is 64.3 Å². The molecule has 1 aromatic rings. The number of carbonyl (C=O) groups is 1. The fourth-order valence-corrected chi connectivity index (χ4v) is 3.69. The van der Waals surface area contributed by atoms with Crippen LogP contribution in [0.5, 0.6) is 0 Å². The molecule has 1 heterocycles. The normalized spacial score (nSPS) is 17.8. The molecule has 0 aromatic heterocycles. The molecule has 1 aliphatic rings. The Morgan fingerprint density at radius 2 is 1.77 bits per heavy atom. The zero-order valence-corrected chi connectivity index (χ0v) is 16.5. The number of benzene rings is 1. The first-order valence-corrected chi connectivity index (χ1v) is 10.2. The van der Waals surface area contributed by atoms with Crippen molar-refractivity contribution in [2.45, 2.75) is 50.2 Å². The first-order chi connectivity index (χ1) is 12.0. The van der Waals surface area contributed by atoms with E-state index in [1.165, 1.54) is 19.2 Å². The van der Waals surface area contributed by atoms with E-state index in [9.17, 15) is 18.3 Å². The van der Waals surface area contributed by atoms with E-state index >= 15 is 0 Å². The molecule has 0 bridgehead atoms. The number of likely N-dealkylation sites (tertiary alicyclic amines) is 1. The molecule has 7 nitrogen and oxygen atoms in total. The quantitative estimate of drug-likeness (QED) is 0.830. The molecule has 1 saturated heterocycles. The maximum absolute atomic E-state index is 12.1. The van der Waals surface area contributed by atoms with E-state index in [1.807, 2.05) is 20.8 Å². The highest BCUT2D eigenvalue weighted by Crippen LogP contribution is 2.31. The topological polar surface area (TPSA) is 95.9 Å². The van der Waals surface area contributed by atoms with Gasteiger partial charge < -0.3 is 14.7 Å². The number of hydrogen-bond acceptors (Lipinski definition) is 5. The lowest BCUT2D eigenvalue weighted by atomic mass is 9.87. The molecule has 0 saturated carbocycles. The summed E-state index contributed by atoms with van der Waals surface area (Å²) in [5.74, 6) is 0.0143. The number of amides is 1. The Hall–Kier alpha value is -1.64. The number of sulfonamides is 1. The van der Waals surface area contributed by atoms with Crippen molar-refractivity contribution in [2.24, 2.45) is 5.92 Å². The first-order valence-electron chi connectivity index (χ1n) is 8.73. The second kappa shape index (κ2) is 7.94. The number of aliphatic hydroxyl groups excluding tert-OH is 1. The van der Waals surface area contributed by atoms with Crippen LogP contribution in [0.1, 0.15) is 45.3 Å². The van der Waals surface area contributed by atoms with Crippen LogP contribution in [0.3, 0.4) is 0 Å². The number of nitrogens with zero attached hydrogens (tertiary/aromatic N) is 1. The average molecular weight is 384 g/mol. The zero-order valence-electron chi connectivity index (χ0n) is 15.7. The van der Waals surface area contributed by atoms with Gasteiger partial charge >= 0.3 is 6.09 Å². The zero-order chi connectivity index (χ0) is 19.5. The molecule has 0 spiro atoms. The van der Waals surface area contributed by atoms with Crippen molar-refractivity contribution in [1.29, 1.82) is 0 Å². The summed E-state index contributed by atoms with van der Waals surface area (Å²) in [6.07, 6.45) is 0.308. The highest BCUT2D eigenvalue weighted by Gasteiger charge is 2.30. The van der Waals surface area contributed by atoms with Crippen molar-refractivity contribution in [3.8, 4) is 0 Å². The third-order valence-corrected chi connectivity index (χ3v) is 5.87. The van der Waals surface area contributed by atoms with Crippen LogP contribution in [0.15, 0.2) is 29.2 Å². The molecule has 1 atom stereocenters. The molecule has 1 aliphatic heterocycles. The van der Waals surface area contributed by atoms with Gasteiger partial charge in [0.05, 0.1) is 11.0 Å². The third kappa shape index (κ3) is 5.18. The van der Waals surface area contributed by atoms with Crippen LogP contribution in [-0.4, -0.2) is 50.3 Å². The Kier molecular flexibility index (Phi) is 6.31. The maximum Gasteiger partial charge on any atom is 0.410 e. The van der Waals surface area contributed by atoms with Crippen LogP contribution >= 0.6 is 0 Å². The van der Waals surface area contributed by atoms with Crippen molar-refractivity contribution in [3.63, 3.8) is 0 Å². The summed E-state index contributed by atoms with van der Waals surface area (Å²) in [5, 5.41) is 10.6. The number of nitrogens with one attached hydrogen (secondary N) is 1. The van der Waals surface area contributed by atoms with E-state index < -0.39 is 21.7 Å². The number of piperidine rings is 1. The summed E-state index contributed by atoms with van der Waals surface area (Å²) in [4.78, 5) is 13.9. The third-order valence-electron chi connectivity index (χ3n) is 4.44. The van der Waals surface area contributed by atoms with Crippen LogP contribution in [0.25, 0.3) is 0 Å². The predicted molar refractivity (Wildman–Crippen MR) is 98.2 cm³/mol. The highest BCUT2D eigenvalue weighted by atomic mass is 32.2. The van der Waals surface area contributed by atoms with E-state index in [4.69, 9.17) is 4.74 Å². The minimum atomic E-state index is -3.49. The second-order valence-corrected chi connectivity index (χ2v) is 9.41. The highest BCUT2D eigenvalue weighted by molar-refractivity contribution is 7.89. The average Bonchev–Trinajstić information content (AvgIpc) is 2.60. The van der Waals surface area contributed by atoms with Crippen LogP contribution in [-0.2, 0) is 14.8 Å². The summed E-state index contributed by atoms with van der Waals surface area (Å²) < 4.78 is 31.2. The molecule has 2 rings (SSSR count). The summed E-state index contributed by atoms with van der Waals surface area (Å²) in [6, 6.07) is 6.24. The van der Waals surface area contributed by atoms with Gasteiger partial charge in [-0.25, -0.2) is 17.9 Å². The lowest BCUT2D eigenvalue weighted by molar-refractivity contribution is 0.00766. The SMILES string of the molecule is CNS(=O)(=O)c1ccc([C@@H](O)C2CCN(C(=O)OC(C)(C)C)CC2)cc1. The van der Waals surface area contributed by atoms with Gasteiger partial charge in [0.2, 0.25) is 10.0 Å². The van der Waals surface area contributed by atoms with Crippen LogP contribution in [0, 0.1) is 5.92 Å². The molecule has 0 radical (unpaired) electrons. The van der Waals surface area contributed by atoms with Gasteiger partial charge in [0, 0.05) is 13.1 Å². The largest absolute Gasteiger partial charge is 0.444 e. The first kappa shape index (κ1) is 20.7. The number of carbonyl (C=O) groups excluding carboxylic acids is 1. The minimum absolute atomic E-state index is 0.0143. The molecule has 146 valence electrons. The summed E-state index contributed by atoms with van der Waals surface area (Å²) >= 11 is 0. The van der Waals surface area contributed by atoms with Gasteiger partial charge in [0.25, 0.3) is 0 Å². The van der Waals surface area contributed by atoms with Gasteiger partial charge in [-0.15, -0.1) is 0 Å². The molecule has 1 fully saturated rings. The molecule has 1 amide bonds. The summed E-state index contributed by atoms with van der Waals surface area (Å²) in [7, 11) is -2.13. The van der Waals surface area contributed by atoms with Crippen molar-refractivity contribution >= 4 is 16.1 Å². The fraction of sp³-hybridized carbons (Fsp3) is 0.611. The van der Waals surface area contributed by atoms with E-state index in [1.54, 1.807) is 17.0 Å². The van der Waals surface area contributed by atoms with Crippen molar-refractivity contribution in [3.05, 3.63) is 29.8 Å². The number of rotatable bonds is 4. The van der Waals surface area contributed by atoms with Crippen molar-refractivity contribution in [1.82, 2.24) is 9.62 Å². The smallest absolute Gasteiger partial charge is 0.410 e. The van der Waals surface area contributed by atoms with Gasteiger partial charge in [-0.3, -0.25) is 0 Å². The van der Waals surface area contributed by atoms with Gasteiger partial charge in [0.15, 0.2) is 0 Å². The molecule has 1 aromatic carbocycles. The maximum atomic E-state index is 12.1. The Balaban J connectivity index is 1.96. The van der Waals surface area contributed by atoms with E-state index in [-0.39, 0.29) is 16.9 Å². The minimum Gasteiger partial charge on any atom is -0.444 e. The second-order valence-electron chi connectivity index (χ2n) is 7.53. The van der Waals surface area contributed by atoms with E-state index in [0.717, 1.165) is 0 Å². The van der Waals surface area contributed by atoms with Crippen LogP contribution in [0.4, 0.5) is 4.79 Å². The van der Waals surface area contributed by atoms with Crippen molar-refractivity contribution in [2.75, 3.05) is 20.1 Å². The number of ether oxygens (including phenoxy) is 1. The lowest BCUT2D eigenvalue weighted by Crippen LogP contribution is -2.42. The summed E-state index contributed by atoms with van der Waals surface area (Å²) in [6.45, 7) is 6.56. The van der Waals surface area contributed by atoms with Crippen LogP contribution in [0.2, 0.25) is 0 Å². The Morgan fingerprint density at radius 3 is 2.23 bits per heavy atom. The molecule has 0 unspecified atom stereocenters. The molecular formula is C18H28N2O5S. The summed E-state index contributed by atoms with van der Waals surface area (Å²) in [5.41, 5.74) is 0.152. The Labute approximate surface area is 155 Å². The molecular weight excluding hydrogens is 356 g/mol. The number of hydrogen-bond donors (Lipinski definition) is 2. The standard InChI is InChI=1S/C18H28N2O5S/c1-18(2,3)25-17(22)20-11-9-14(10-12-20)16(21)13-5-7-15(8-6-13)26(23,24)19-4/h5-8,14,16,19,21H,9-12H2,1-4H3/t16-/m1/s1. The van der Waals surface area contributed by atoms with E-state index in [0.29, 0.717) is 31.5 Å². The van der Waals surface area contributed by atoms with Gasteiger partial charge in [-0.1, -0.05) is 12.1 Å². The number of aliphatic hydroxyl groups is 1. The molecule has 8 heteroatoms. The lowest BCUT2D eigenvalue weighted by Gasteiger charge is -2.35. The van der Waals surface area contributed by atoms with Crippen molar-refractivity contribution < 1.29 is 23.1 Å². The van der Waals surface area contributed by atoms with Gasteiger partial charge in [0.1, 0.15) is 5.60 Å². The van der Waals surface area contributed by atoms with Crippen LogP contribution < -0.4 is 4.72 Å². The molecule has 0 aliphatic carbocycles. The monoisotopic (exact) mass is 384 g/mol. The fourth-order valence-electron chi connectivity index (χ4n) is 2.96. The van der Waals surface area contributed by atoms with E-state index in [2.05, 4.69) is 4.72 Å². The molecule has 2 N–H and O–H groups in total.